The Morgan fingerprint density at radius 2 is 2.00 bits per heavy atom. The van der Waals surface area contributed by atoms with Gasteiger partial charge in [0, 0.05) is 0 Å². The molecule has 0 unspecified atom stereocenters. The second-order valence-corrected chi connectivity index (χ2v) is 2.71. The van der Waals surface area contributed by atoms with Gasteiger partial charge < -0.3 is 5.21 Å². The van der Waals surface area contributed by atoms with E-state index in [2.05, 4.69) is 5.48 Å². The van der Waals surface area contributed by atoms with Gasteiger partial charge in [0.25, 0.3) is 0 Å². The molecule has 11 heavy (non-hydrogen) atoms. The van der Waals surface area contributed by atoms with Gasteiger partial charge in [-0.15, -0.1) is 0 Å². The SMILES string of the molecule is Cc1ccccc1[C@H](C)NO. The molecule has 1 rings (SSSR count). The summed E-state index contributed by atoms with van der Waals surface area (Å²) in [5, 5.41) is 8.66. The predicted molar refractivity (Wildman–Crippen MR) is 44.5 cm³/mol. The molecule has 0 spiro atoms. The molecule has 2 heteroatoms. The molecule has 0 radical (unpaired) electrons. The molecule has 0 amide bonds. The first-order valence-corrected chi connectivity index (χ1v) is 3.71. The molecular weight excluding hydrogens is 138 g/mol. The molecule has 1 atom stereocenters. The number of nitrogens with one attached hydrogen (secondary N) is 1. The number of benzene rings is 1. The van der Waals surface area contributed by atoms with Crippen molar-refractivity contribution in [2.24, 2.45) is 0 Å². The van der Waals surface area contributed by atoms with Crippen LogP contribution in [0.15, 0.2) is 24.3 Å². The van der Waals surface area contributed by atoms with Crippen LogP contribution in [0.25, 0.3) is 0 Å². The molecule has 60 valence electrons. The van der Waals surface area contributed by atoms with Gasteiger partial charge in [-0.2, -0.15) is 5.48 Å². The Labute approximate surface area is 66.8 Å². The lowest BCUT2D eigenvalue weighted by Crippen LogP contribution is -2.13. The van der Waals surface area contributed by atoms with E-state index in [1.807, 2.05) is 38.1 Å². The summed E-state index contributed by atoms with van der Waals surface area (Å²) in [5.74, 6) is 0. The van der Waals surface area contributed by atoms with Crippen molar-refractivity contribution in [3.63, 3.8) is 0 Å². The summed E-state index contributed by atoms with van der Waals surface area (Å²) in [5.41, 5.74) is 4.55. The van der Waals surface area contributed by atoms with Crippen molar-refractivity contribution in [2.75, 3.05) is 0 Å². The van der Waals surface area contributed by atoms with Gasteiger partial charge in [0.2, 0.25) is 0 Å². The Morgan fingerprint density at radius 3 is 2.55 bits per heavy atom. The molecule has 0 heterocycles. The van der Waals surface area contributed by atoms with Crippen molar-refractivity contribution in [2.45, 2.75) is 19.9 Å². The molecule has 2 nitrogen and oxygen atoms in total. The fourth-order valence-electron chi connectivity index (χ4n) is 1.14. The standard InChI is InChI=1S/C9H13NO/c1-7-5-3-4-6-9(7)8(2)10-11/h3-6,8,10-11H,1-2H3/t8-/m0/s1. The summed E-state index contributed by atoms with van der Waals surface area (Å²) in [7, 11) is 0. The second kappa shape index (κ2) is 3.51. The number of rotatable bonds is 2. The Hall–Kier alpha value is -0.860. The molecule has 0 bridgehead atoms. The first kappa shape index (κ1) is 8.24. The Balaban J connectivity index is 2.93. The van der Waals surface area contributed by atoms with Crippen LogP contribution in [0.3, 0.4) is 0 Å². The Kier molecular flexibility index (Phi) is 2.63. The summed E-state index contributed by atoms with van der Waals surface area (Å²) in [6.45, 7) is 3.95. The fraction of sp³-hybridized carbons (Fsp3) is 0.333. The summed E-state index contributed by atoms with van der Waals surface area (Å²) < 4.78 is 0. The van der Waals surface area contributed by atoms with E-state index in [9.17, 15) is 0 Å². The first-order chi connectivity index (χ1) is 5.25. The highest BCUT2D eigenvalue weighted by Crippen LogP contribution is 2.15. The maximum Gasteiger partial charge on any atom is 0.0543 e. The quantitative estimate of drug-likeness (QED) is 0.634. The molecule has 0 saturated carbocycles. The molecule has 0 aliphatic heterocycles. The predicted octanol–water partition coefficient (Wildman–Crippen LogP) is 2.03. The van der Waals surface area contributed by atoms with Crippen LogP contribution in [0, 0.1) is 6.92 Å². The maximum absolute atomic E-state index is 8.66. The fourth-order valence-corrected chi connectivity index (χ4v) is 1.14. The van der Waals surface area contributed by atoms with Crippen LogP contribution in [0.4, 0.5) is 0 Å². The smallest absolute Gasteiger partial charge is 0.0543 e. The van der Waals surface area contributed by atoms with Crippen LogP contribution < -0.4 is 5.48 Å². The Bertz CT molecular complexity index is 235. The van der Waals surface area contributed by atoms with E-state index in [0.717, 1.165) is 5.56 Å². The van der Waals surface area contributed by atoms with Crippen molar-refractivity contribution >= 4 is 0 Å². The van der Waals surface area contributed by atoms with Gasteiger partial charge in [-0.3, -0.25) is 0 Å². The molecule has 0 fully saturated rings. The van der Waals surface area contributed by atoms with Crippen LogP contribution in [0.1, 0.15) is 24.1 Å². The van der Waals surface area contributed by atoms with Crippen LogP contribution in [-0.2, 0) is 0 Å². The molecular formula is C9H13NO. The zero-order valence-corrected chi connectivity index (χ0v) is 6.83. The molecule has 2 N–H and O–H groups in total. The minimum atomic E-state index is 0.0104. The van der Waals surface area contributed by atoms with Crippen LogP contribution in [0.5, 0.6) is 0 Å². The monoisotopic (exact) mass is 151 g/mol. The zero-order valence-electron chi connectivity index (χ0n) is 6.83. The number of hydrogen-bond acceptors (Lipinski definition) is 2. The van der Waals surface area contributed by atoms with E-state index in [-0.39, 0.29) is 6.04 Å². The molecule has 0 saturated heterocycles. The minimum Gasteiger partial charge on any atom is -0.316 e. The van der Waals surface area contributed by atoms with Gasteiger partial charge in [0.15, 0.2) is 0 Å². The van der Waals surface area contributed by atoms with E-state index >= 15 is 0 Å². The first-order valence-electron chi connectivity index (χ1n) is 3.71. The second-order valence-electron chi connectivity index (χ2n) is 2.71. The normalized spacial score (nSPS) is 13.0. The molecule has 0 aromatic heterocycles. The summed E-state index contributed by atoms with van der Waals surface area (Å²) in [6.07, 6.45) is 0. The lowest BCUT2D eigenvalue weighted by molar-refractivity contribution is 0.133. The minimum absolute atomic E-state index is 0.0104. The van der Waals surface area contributed by atoms with E-state index in [1.165, 1.54) is 5.56 Å². The highest BCUT2D eigenvalue weighted by Gasteiger charge is 2.04. The van der Waals surface area contributed by atoms with Crippen molar-refractivity contribution < 1.29 is 5.21 Å². The molecule has 0 aliphatic carbocycles. The number of aryl methyl sites for hydroxylation is 1. The number of hydroxylamine groups is 1. The summed E-state index contributed by atoms with van der Waals surface area (Å²) >= 11 is 0. The van der Waals surface area contributed by atoms with Crippen LogP contribution >= 0.6 is 0 Å². The van der Waals surface area contributed by atoms with Crippen LogP contribution in [-0.4, -0.2) is 5.21 Å². The average Bonchev–Trinajstić information content (AvgIpc) is 2.04. The van der Waals surface area contributed by atoms with E-state index in [4.69, 9.17) is 5.21 Å². The van der Waals surface area contributed by atoms with Gasteiger partial charge in [-0.1, -0.05) is 24.3 Å². The van der Waals surface area contributed by atoms with Crippen LogP contribution in [0.2, 0.25) is 0 Å². The number of hydrogen-bond donors (Lipinski definition) is 2. The third kappa shape index (κ3) is 1.79. The summed E-state index contributed by atoms with van der Waals surface area (Å²) in [6, 6.07) is 8.00. The van der Waals surface area contributed by atoms with Crippen molar-refractivity contribution in [1.29, 1.82) is 0 Å². The van der Waals surface area contributed by atoms with E-state index in [1.54, 1.807) is 0 Å². The third-order valence-electron chi connectivity index (χ3n) is 1.85. The summed E-state index contributed by atoms with van der Waals surface area (Å²) in [4.78, 5) is 0. The lowest BCUT2D eigenvalue weighted by Gasteiger charge is -2.11. The van der Waals surface area contributed by atoms with Gasteiger partial charge in [0.1, 0.15) is 0 Å². The lowest BCUT2D eigenvalue weighted by atomic mass is 10.0. The van der Waals surface area contributed by atoms with Gasteiger partial charge in [0.05, 0.1) is 6.04 Å². The maximum atomic E-state index is 8.66. The highest BCUT2D eigenvalue weighted by molar-refractivity contribution is 5.27. The van der Waals surface area contributed by atoms with Gasteiger partial charge in [-0.05, 0) is 25.0 Å². The van der Waals surface area contributed by atoms with Crippen molar-refractivity contribution in [1.82, 2.24) is 5.48 Å². The topological polar surface area (TPSA) is 32.3 Å². The Morgan fingerprint density at radius 1 is 1.36 bits per heavy atom. The van der Waals surface area contributed by atoms with Crippen molar-refractivity contribution in [3.8, 4) is 0 Å². The van der Waals surface area contributed by atoms with E-state index in [0.29, 0.717) is 0 Å². The van der Waals surface area contributed by atoms with Gasteiger partial charge in [-0.25, -0.2) is 0 Å². The largest absolute Gasteiger partial charge is 0.316 e. The third-order valence-corrected chi connectivity index (χ3v) is 1.85. The van der Waals surface area contributed by atoms with Gasteiger partial charge >= 0.3 is 0 Å². The average molecular weight is 151 g/mol. The molecule has 1 aromatic carbocycles. The highest BCUT2D eigenvalue weighted by atomic mass is 16.5. The zero-order chi connectivity index (χ0) is 8.27. The van der Waals surface area contributed by atoms with Crippen molar-refractivity contribution in [3.05, 3.63) is 35.4 Å². The van der Waals surface area contributed by atoms with E-state index < -0.39 is 0 Å². The molecule has 0 aliphatic rings. The molecule has 1 aromatic rings.